The number of nitrogens with zero attached hydrogens (tertiary/aromatic N) is 4. The second kappa shape index (κ2) is 6.66. The zero-order valence-corrected chi connectivity index (χ0v) is 14.3. The highest BCUT2D eigenvalue weighted by molar-refractivity contribution is 5.63. The van der Waals surface area contributed by atoms with Crippen molar-refractivity contribution in [3.8, 4) is 11.3 Å². The Morgan fingerprint density at radius 2 is 1.93 bits per heavy atom. The topological polar surface area (TPSA) is 83.7 Å². The number of nitrogens with one attached hydrogen (secondary N) is 1. The third-order valence-electron chi connectivity index (χ3n) is 4.64. The van der Waals surface area contributed by atoms with Crippen molar-refractivity contribution in [1.29, 1.82) is 0 Å². The summed E-state index contributed by atoms with van der Waals surface area (Å²) in [5.41, 5.74) is 9.29. The van der Waals surface area contributed by atoms with Crippen LogP contribution in [0.3, 0.4) is 0 Å². The number of aromatic amines is 1. The summed E-state index contributed by atoms with van der Waals surface area (Å²) in [5.74, 6) is 0.279. The van der Waals surface area contributed by atoms with E-state index in [-0.39, 0.29) is 5.95 Å². The van der Waals surface area contributed by atoms with Gasteiger partial charge in [0, 0.05) is 43.4 Å². The van der Waals surface area contributed by atoms with E-state index in [1.807, 2.05) is 0 Å². The van der Waals surface area contributed by atoms with E-state index >= 15 is 0 Å². The molecule has 4 rings (SSSR count). The largest absolute Gasteiger partial charge is 0.416 e. The van der Waals surface area contributed by atoms with E-state index in [2.05, 4.69) is 25.1 Å². The van der Waals surface area contributed by atoms with E-state index in [0.29, 0.717) is 18.7 Å². The molecule has 0 spiro atoms. The van der Waals surface area contributed by atoms with Crippen LogP contribution >= 0.6 is 0 Å². The molecule has 3 N–H and O–H groups in total. The molecule has 0 atom stereocenters. The number of alkyl halides is 3. The zero-order valence-electron chi connectivity index (χ0n) is 14.3. The quantitative estimate of drug-likeness (QED) is 0.736. The second-order valence-corrected chi connectivity index (χ2v) is 6.51. The highest BCUT2D eigenvalue weighted by Gasteiger charge is 2.30. The van der Waals surface area contributed by atoms with E-state index in [9.17, 15) is 13.2 Å². The first-order valence-electron chi connectivity index (χ1n) is 8.42. The van der Waals surface area contributed by atoms with E-state index in [1.54, 1.807) is 12.4 Å². The summed E-state index contributed by atoms with van der Waals surface area (Å²) < 4.78 is 38.3. The predicted molar refractivity (Wildman–Crippen MR) is 93.3 cm³/mol. The molecule has 1 aromatic carbocycles. The van der Waals surface area contributed by atoms with Crippen LogP contribution in [0.2, 0.25) is 0 Å². The van der Waals surface area contributed by atoms with Gasteiger partial charge in [-0.15, -0.1) is 0 Å². The van der Waals surface area contributed by atoms with Crippen molar-refractivity contribution in [3.63, 3.8) is 0 Å². The van der Waals surface area contributed by atoms with Crippen LogP contribution in [-0.2, 0) is 25.7 Å². The van der Waals surface area contributed by atoms with Crippen molar-refractivity contribution in [2.45, 2.75) is 25.7 Å². The number of aromatic nitrogens is 4. The number of anilines is 1. The van der Waals surface area contributed by atoms with E-state index in [0.717, 1.165) is 47.6 Å². The molecule has 1 aliphatic heterocycles. The Hall–Kier alpha value is -2.94. The average Bonchev–Trinajstić information content (AvgIpc) is 3.09. The summed E-state index contributed by atoms with van der Waals surface area (Å²) in [6.07, 6.45) is -0.116. The fourth-order valence-corrected chi connectivity index (χ4v) is 3.27. The Morgan fingerprint density at radius 3 is 2.67 bits per heavy atom. The van der Waals surface area contributed by atoms with Crippen LogP contribution in [0.1, 0.15) is 22.4 Å². The standard InChI is InChI=1S/C18H17F3N6/c19-18(20,21)14-3-1-11(2-4-14)16-13(8-24-26-16)10-27-6-5-15-12(9-27)7-23-17(22)25-15/h1-4,7-8H,5-6,9-10H2,(H,24,26)(H2,22,23,25). The molecule has 140 valence electrons. The third-order valence-corrected chi connectivity index (χ3v) is 4.64. The first kappa shape index (κ1) is 17.5. The van der Waals surface area contributed by atoms with Crippen molar-refractivity contribution in [2.24, 2.45) is 0 Å². The third kappa shape index (κ3) is 3.63. The van der Waals surface area contributed by atoms with Gasteiger partial charge in [0.05, 0.1) is 23.1 Å². The van der Waals surface area contributed by atoms with Crippen LogP contribution in [0.15, 0.2) is 36.7 Å². The molecule has 0 unspecified atom stereocenters. The van der Waals surface area contributed by atoms with Gasteiger partial charge in [-0.3, -0.25) is 10.00 Å². The number of nitrogen functional groups attached to an aromatic ring is 1. The number of H-pyrrole nitrogens is 1. The maximum Gasteiger partial charge on any atom is 0.416 e. The minimum atomic E-state index is -4.35. The number of halogens is 3. The van der Waals surface area contributed by atoms with Gasteiger partial charge in [-0.2, -0.15) is 18.3 Å². The van der Waals surface area contributed by atoms with Gasteiger partial charge in [0.15, 0.2) is 0 Å². The molecule has 0 saturated carbocycles. The molecule has 27 heavy (non-hydrogen) atoms. The Kier molecular flexibility index (Phi) is 4.31. The average molecular weight is 374 g/mol. The van der Waals surface area contributed by atoms with Crippen LogP contribution in [0, 0.1) is 0 Å². The molecule has 0 radical (unpaired) electrons. The lowest BCUT2D eigenvalue weighted by Crippen LogP contribution is -2.31. The molecule has 0 amide bonds. The minimum Gasteiger partial charge on any atom is -0.368 e. The molecule has 0 bridgehead atoms. The molecule has 6 nitrogen and oxygen atoms in total. The molecule has 0 aliphatic carbocycles. The maximum absolute atomic E-state index is 12.8. The molecular formula is C18H17F3N6. The Bertz CT molecular complexity index is 948. The highest BCUT2D eigenvalue weighted by atomic mass is 19.4. The normalized spacial score (nSPS) is 14.9. The van der Waals surface area contributed by atoms with Crippen molar-refractivity contribution >= 4 is 5.95 Å². The van der Waals surface area contributed by atoms with E-state index in [1.165, 1.54) is 12.1 Å². The predicted octanol–water partition coefficient (Wildman–Crippen LogP) is 3.03. The number of nitrogens with two attached hydrogens (primary N) is 1. The van der Waals surface area contributed by atoms with Crippen LogP contribution in [-0.4, -0.2) is 31.6 Å². The van der Waals surface area contributed by atoms with Crippen molar-refractivity contribution in [2.75, 3.05) is 12.3 Å². The Balaban J connectivity index is 1.52. The SMILES string of the molecule is Nc1ncc2c(n1)CCN(Cc1cn[nH]c1-c1ccc(C(F)(F)F)cc1)C2. The van der Waals surface area contributed by atoms with Gasteiger partial charge in [-0.05, 0) is 17.7 Å². The fraction of sp³-hybridized carbons (Fsp3) is 0.278. The van der Waals surface area contributed by atoms with Crippen molar-refractivity contribution in [3.05, 3.63) is 59.0 Å². The summed E-state index contributed by atoms with van der Waals surface area (Å²) in [6.45, 7) is 2.12. The monoisotopic (exact) mass is 374 g/mol. The van der Waals surface area contributed by atoms with Gasteiger partial charge >= 0.3 is 6.18 Å². The summed E-state index contributed by atoms with van der Waals surface area (Å²) in [6, 6.07) is 5.08. The van der Waals surface area contributed by atoms with Crippen molar-refractivity contribution < 1.29 is 13.2 Å². The van der Waals surface area contributed by atoms with Gasteiger partial charge in [0.25, 0.3) is 0 Å². The zero-order chi connectivity index (χ0) is 19.0. The van der Waals surface area contributed by atoms with Gasteiger partial charge in [0.2, 0.25) is 5.95 Å². The summed E-state index contributed by atoms with van der Waals surface area (Å²) in [7, 11) is 0. The molecule has 0 fully saturated rings. The molecule has 2 aromatic heterocycles. The lowest BCUT2D eigenvalue weighted by molar-refractivity contribution is -0.137. The Labute approximate surface area is 153 Å². The van der Waals surface area contributed by atoms with Crippen LogP contribution in [0.5, 0.6) is 0 Å². The van der Waals surface area contributed by atoms with E-state index in [4.69, 9.17) is 5.73 Å². The first-order valence-corrected chi connectivity index (χ1v) is 8.42. The number of hydrogen-bond donors (Lipinski definition) is 2. The number of fused-ring (bicyclic) bond motifs is 1. The fourth-order valence-electron chi connectivity index (χ4n) is 3.27. The van der Waals surface area contributed by atoms with Gasteiger partial charge in [-0.25, -0.2) is 9.97 Å². The van der Waals surface area contributed by atoms with Crippen LogP contribution in [0.25, 0.3) is 11.3 Å². The highest BCUT2D eigenvalue weighted by Crippen LogP contribution is 2.31. The maximum atomic E-state index is 12.8. The molecule has 3 heterocycles. The molecule has 9 heteroatoms. The van der Waals surface area contributed by atoms with Crippen molar-refractivity contribution in [1.82, 2.24) is 25.1 Å². The number of hydrogen-bond acceptors (Lipinski definition) is 5. The summed E-state index contributed by atoms with van der Waals surface area (Å²) >= 11 is 0. The number of benzene rings is 1. The molecule has 3 aromatic rings. The summed E-state index contributed by atoms with van der Waals surface area (Å²) in [5, 5.41) is 6.97. The summed E-state index contributed by atoms with van der Waals surface area (Å²) in [4.78, 5) is 10.5. The minimum absolute atomic E-state index is 0.279. The molecule has 0 saturated heterocycles. The smallest absolute Gasteiger partial charge is 0.368 e. The lowest BCUT2D eigenvalue weighted by atomic mass is 10.0. The van der Waals surface area contributed by atoms with E-state index < -0.39 is 11.7 Å². The molecular weight excluding hydrogens is 357 g/mol. The lowest BCUT2D eigenvalue weighted by Gasteiger charge is -2.27. The Morgan fingerprint density at radius 1 is 1.15 bits per heavy atom. The van der Waals surface area contributed by atoms with Gasteiger partial charge in [-0.1, -0.05) is 12.1 Å². The van der Waals surface area contributed by atoms with Gasteiger partial charge < -0.3 is 5.73 Å². The van der Waals surface area contributed by atoms with Crippen LogP contribution in [0.4, 0.5) is 19.1 Å². The van der Waals surface area contributed by atoms with Gasteiger partial charge in [0.1, 0.15) is 0 Å². The molecule has 1 aliphatic rings. The first-order chi connectivity index (χ1) is 12.9. The van der Waals surface area contributed by atoms with Crippen LogP contribution < -0.4 is 5.73 Å². The number of rotatable bonds is 3. The second-order valence-electron chi connectivity index (χ2n) is 6.51.